The van der Waals surface area contributed by atoms with Crippen LogP contribution in [0.1, 0.15) is 29.8 Å². The first-order valence-electron chi connectivity index (χ1n) is 7.32. The Bertz CT molecular complexity index is 644. The Balaban J connectivity index is 1.88. The van der Waals surface area contributed by atoms with Gasteiger partial charge in [-0.15, -0.1) is 0 Å². The quantitative estimate of drug-likeness (QED) is 0.931. The zero-order valence-electron chi connectivity index (χ0n) is 12.5. The summed E-state index contributed by atoms with van der Waals surface area (Å²) < 4.78 is 1.88. The van der Waals surface area contributed by atoms with Gasteiger partial charge in [0.15, 0.2) is 5.96 Å². The molecular formula is C16H21N5. The second kappa shape index (κ2) is 5.60. The van der Waals surface area contributed by atoms with Crippen LogP contribution in [0.3, 0.4) is 0 Å². The van der Waals surface area contributed by atoms with Crippen LogP contribution in [0.25, 0.3) is 0 Å². The molecule has 1 unspecified atom stereocenters. The van der Waals surface area contributed by atoms with Crippen LogP contribution in [0.2, 0.25) is 0 Å². The van der Waals surface area contributed by atoms with Crippen molar-refractivity contribution in [1.29, 1.82) is 0 Å². The summed E-state index contributed by atoms with van der Waals surface area (Å²) in [6, 6.07) is 10.6. The molecule has 1 aliphatic rings. The zero-order chi connectivity index (χ0) is 14.8. The Kier molecular flexibility index (Phi) is 3.64. The molecule has 1 aromatic heterocycles. The third kappa shape index (κ3) is 2.63. The topological polar surface area (TPSA) is 59.4 Å². The standard InChI is InChI=1S/C16H21N5/c1-3-14-13(11-20(2)19-14)15-9-18-16(17)21(15)10-12-7-5-4-6-8-12/h4-8,11,15H,3,9-10H2,1-2H3,(H2,17,18). The molecule has 0 aliphatic carbocycles. The van der Waals surface area contributed by atoms with Crippen molar-refractivity contribution >= 4 is 5.96 Å². The summed E-state index contributed by atoms with van der Waals surface area (Å²) >= 11 is 0. The van der Waals surface area contributed by atoms with Crippen molar-refractivity contribution < 1.29 is 0 Å². The molecule has 2 N–H and O–H groups in total. The molecule has 0 amide bonds. The number of aromatic nitrogens is 2. The fourth-order valence-corrected chi connectivity index (χ4v) is 2.87. The van der Waals surface area contributed by atoms with Crippen LogP contribution in [-0.2, 0) is 20.0 Å². The lowest BCUT2D eigenvalue weighted by Crippen LogP contribution is -2.35. The van der Waals surface area contributed by atoms with Crippen LogP contribution in [0.15, 0.2) is 41.5 Å². The van der Waals surface area contributed by atoms with Gasteiger partial charge in [0.2, 0.25) is 0 Å². The van der Waals surface area contributed by atoms with Gasteiger partial charge in [-0.05, 0) is 12.0 Å². The van der Waals surface area contributed by atoms with E-state index in [9.17, 15) is 0 Å². The zero-order valence-corrected chi connectivity index (χ0v) is 12.5. The molecule has 0 bridgehead atoms. The summed E-state index contributed by atoms with van der Waals surface area (Å²) in [4.78, 5) is 6.61. The molecule has 5 heteroatoms. The Morgan fingerprint density at radius 3 is 2.76 bits per heavy atom. The van der Waals surface area contributed by atoms with Crippen molar-refractivity contribution in [2.45, 2.75) is 25.9 Å². The molecule has 0 saturated heterocycles. The Labute approximate surface area is 125 Å². The number of guanidine groups is 1. The number of benzene rings is 1. The lowest BCUT2D eigenvalue weighted by molar-refractivity contribution is 0.339. The Morgan fingerprint density at radius 1 is 1.29 bits per heavy atom. The maximum Gasteiger partial charge on any atom is 0.192 e. The van der Waals surface area contributed by atoms with E-state index in [2.05, 4.69) is 52.4 Å². The van der Waals surface area contributed by atoms with Gasteiger partial charge in [0, 0.05) is 25.4 Å². The van der Waals surface area contributed by atoms with E-state index < -0.39 is 0 Å². The first-order valence-corrected chi connectivity index (χ1v) is 7.32. The van der Waals surface area contributed by atoms with Gasteiger partial charge < -0.3 is 10.6 Å². The van der Waals surface area contributed by atoms with Crippen molar-refractivity contribution in [2.75, 3.05) is 6.54 Å². The first-order chi connectivity index (χ1) is 10.2. The highest BCUT2D eigenvalue weighted by Crippen LogP contribution is 2.29. The molecule has 2 heterocycles. The normalized spacial score (nSPS) is 18.1. The van der Waals surface area contributed by atoms with Crippen molar-refractivity contribution in [3.8, 4) is 0 Å². The smallest absolute Gasteiger partial charge is 0.192 e. The van der Waals surface area contributed by atoms with Crippen LogP contribution < -0.4 is 5.73 Å². The number of hydrogen-bond acceptors (Lipinski definition) is 4. The number of nitrogens with zero attached hydrogens (tertiary/aromatic N) is 4. The molecule has 5 nitrogen and oxygen atoms in total. The number of rotatable bonds is 4. The Morgan fingerprint density at radius 2 is 2.05 bits per heavy atom. The molecule has 0 spiro atoms. The average Bonchev–Trinajstić information content (AvgIpc) is 3.04. The molecule has 110 valence electrons. The van der Waals surface area contributed by atoms with Gasteiger partial charge in [-0.2, -0.15) is 5.10 Å². The SMILES string of the molecule is CCc1nn(C)cc1C1CN=C(N)N1Cc1ccccc1. The van der Waals surface area contributed by atoms with Gasteiger partial charge in [-0.3, -0.25) is 9.67 Å². The third-order valence-corrected chi connectivity index (χ3v) is 3.92. The van der Waals surface area contributed by atoms with Gasteiger partial charge in [0.1, 0.15) is 0 Å². The monoisotopic (exact) mass is 283 g/mol. The molecule has 0 saturated carbocycles. The fraction of sp³-hybridized carbons (Fsp3) is 0.375. The predicted molar refractivity (Wildman–Crippen MR) is 83.8 cm³/mol. The second-order valence-corrected chi connectivity index (χ2v) is 5.39. The van der Waals surface area contributed by atoms with E-state index in [-0.39, 0.29) is 6.04 Å². The first kappa shape index (κ1) is 13.7. The Hall–Kier alpha value is -2.30. The number of nitrogens with two attached hydrogens (primary N) is 1. The molecule has 0 radical (unpaired) electrons. The summed E-state index contributed by atoms with van der Waals surface area (Å²) in [5.74, 6) is 0.620. The van der Waals surface area contributed by atoms with Gasteiger partial charge >= 0.3 is 0 Å². The lowest BCUT2D eigenvalue weighted by Gasteiger charge is -2.26. The van der Waals surface area contributed by atoms with E-state index in [1.165, 1.54) is 11.1 Å². The molecule has 1 aromatic carbocycles. The number of hydrogen-bond donors (Lipinski definition) is 1. The van der Waals surface area contributed by atoms with E-state index in [4.69, 9.17) is 5.73 Å². The van der Waals surface area contributed by atoms with Crippen molar-refractivity contribution in [3.63, 3.8) is 0 Å². The minimum Gasteiger partial charge on any atom is -0.370 e. The highest BCUT2D eigenvalue weighted by molar-refractivity contribution is 5.80. The molecular weight excluding hydrogens is 262 g/mol. The second-order valence-electron chi connectivity index (χ2n) is 5.39. The highest BCUT2D eigenvalue weighted by Gasteiger charge is 2.30. The van der Waals surface area contributed by atoms with Crippen LogP contribution in [-0.4, -0.2) is 27.2 Å². The number of aryl methyl sites for hydroxylation is 2. The van der Waals surface area contributed by atoms with Crippen molar-refractivity contribution in [2.24, 2.45) is 17.8 Å². The fourth-order valence-electron chi connectivity index (χ4n) is 2.87. The maximum absolute atomic E-state index is 6.10. The summed E-state index contributed by atoms with van der Waals surface area (Å²) in [5.41, 5.74) is 9.71. The summed E-state index contributed by atoms with van der Waals surface area (Å²) in [7, 11) is 1.96. The minimum atomic E-state index is 0.189. The summed E-state index contributed by atoms with van der Waals surface area (Å²) in [6.07, 6.45) is 3.02. The minimum absolute atomic E-state index is 0.189. The van der Waals surface area contributed by atoms with E-state index in [0.29, 0.717) is 12.5 Å². The van der Waals surface area contributed by atoms with E-state index in [1.807, 2.05) is 17.8 Å². The van der Waals surface area contributed by atoms with Crippen molar-refractivity contribution in [3.05, 3.63) is 53.3 Å². The lowest BCUT2D eigenvalue weighted by atomic mass is 10.0. The summed E-state index contributed by atoms with van der Waals surface area (Å²) in [5, 5.41) is 4.54. The van der Waals surface area contributed by atoms with Gasteiger partial charge in [-0.25, -0.2) is 0 Å². The van der Waals surface area contributed by atoms with E-state index in [1.54, 1.807) is 0 Å². The average molecular weight is 283 g/mol. The van der Waals surface area contributed by atoms with Crippen LogP contribution >= 0.6 is 0 Å². The summed E-state index contributed by atoms with van der Waals surface area (Å²) in [6.45, 7) is 3.61. The molecule has 1 atom stereocenters. The number of aliphatic imine (C=N–C) groups is 1. The van der Waals surface area contributed by atoms with Crippen LogP contribution in [0.5, 0.6) is 0 Å². The third-order valence-electron chi connectivity index (χ3n) is 3.92. The molecule has 0 fully saturated rings. The maximum atomic E-state index is 6.10. The molecule has 3 rings (SSSR count). The van der Waals surface area contributed by atoms with Gasteiger partial charge in [-0.1, -0.05) is 37.3 Å². The molecule has 1 aliphatic heterocycles. The van der Waals surface area contributed by atoms with Gasteiger partial charge in [0.05, 0.1) is 18.3 Å². The van der Waals surface area contributed by atoms with Crippen LogP contribution in [0, 0.1) is 0 Å². The van der Waals surface area contributed by atoms with E-state index >= 15 is 0 Å². The van der Waals surface area contributed by atoms with Crippen LogP contribution in [0.4, 0.5) is 0 Å². The van der Waals surface area contributed by atoms with E-state index in [0.717, 1.165) is 18.7 Å². The van der Waals surface area contributed by atoms with Crippen molar-refractivity contribution in [1.82, 2.24) is 14.7 Å². The highest BCUT2D eigenvalue weighted by atomic mass is 15.3. The molecule has 21 heavy (non-hydrogen) atoms. The largest absolute Gasteiger partial charge is 0.370 e. The predicted octanol–water partition coefficient (Wildman–Crippen LogP) is 1.85. The molecule has 2 aromatic rings. The van der Waals surface area contributed by atoms with Gasteiger partial charge in [0.25, 0.3) is 0 Å².